The standard InChI is InChI=1S/C30H32N4O6/c1-39-17-7-16-31-27(35)20-33-25-10-5-4-9-24(25)29(37)34(30(33)38)19-21-12-14-22(15-13-21)28(36)32-18-23-8-3-6-11-26(23)40-2/h3-6,8-15H,7,16-20H2,1-2H3,(H,31,35)(H,32,36). The van der Waals surface area contributed by atoms with E-state index in [0.29, 0.717) is 53.9 Å². The van der Waals surface area contributed by atoms with Gasteiger partial charge in [-0.05, 0) is 42.3 Å². The highest BCUT2D eigenvalue weighted by atomic mass is 16.5. The van der Waals surface area contributed by atoms with Crippen LogP contribution in [0.15, 0.2) is 82.4 Å². The van der Waals surface area contributed by atoms with Crippen LogP contribution in [0, 0.1) is 0 Å². The summed E-state index contributed by atoms with van der Waals surface area (Å²) in [6.07, 6.45) is 0.645. The summed E-state index contributed by atoms with van der Waals surface area (Å²) in [6, 6.07) is 20.8. The highest BCUT2D eigenvalue weighted by molar-refractivity contribution is 5.94. The number of hydrogen-bond donors (Lipinski definition) is 2. The topological polar surface area (TPSA) is 121 Å². The molecule has 0 aliphatic rings. The monoisotopic (exact) mass is 544 g/mol. The number of carbonyl (C=O) groups excluding carboxylic acids is 2. The smallest absolute Gasteiger partial charge is 0.332 e. The summed E-state index contributed by atoms with van der Waals surface area (Å²) >= 11 is 0. The van der Waals surface area contributed by atoms with E-state index < -0.39 is 11.2 Å². The normalized spacial score (nSPS) is 10.8. The maximum absolute atomic E-state index is 13.4. The van der Waals surface area contributed by atoms with Crippen molar-refractivity contribution >= 4 is 22.7 Å². The van der Waals surface area contributed by atoms with Gasteiger partial charge in [0.25, 0.3) is 11.5 Å². The quantitative estimate of drug-likeness (QED) is 0.264. The van der Waals surface area contributed by atoms with Gasteiger partial charge in [-0.3, -0.25) is 23.5 Å². The molecule has 0 saturated carbocycles. The lowest BCUT2D eigenvalue weighted by Crippen LogP contribution is -2.43. The second-order valence-corrected chi connectivity index (χ2v) is 9.16. The number of aromatic nitrogens is 2. The fourth-order valence-electron chi connectivity index (χ4n) is 4.38. The summed E-state index contributed by atoms with van der Waals surface area (Å²) in [5, 5.41) is 5.98. The van der Waals surface area contributed by atoms with Crippen molar-refractivity contribution in [3.05, 3.63) is 110 Å². The number of rotatable bonds is 12. The van der Waals surface area contributed by atoms with Gasteiger partial charge in [-0.15, -0.1) is 0 Å². The van der Waals surface area contributed by atoms with Crippen molar-refractivity contribution in [2.45, 2.75) is 26.1 Å². The minimum Gasteiger partial charge on any atom is -0.496 e. The zero-order valence-corrected chi connectivity index (χ0v) is 22.5. The van der Waals surface area contributed by atoms with Crippen LogP contribution in [-0.2, 0) is 29.2 Å². The number of benzene rings is 3. The fourth-order valence-corrected chi connectivity index (χ4v) is 4.38. The Balaban J connectivity index is 1.52. The van der Waals surface area contributed by atoms with E-state index in [1.54, 1.807) is 62.8 Å². The summed E-state index contributed by atoms with van der Waals surface area (Å²) in [5.41, 5.74) is 1.30. The number of fused-ring (bicyclic) bond motifs is 1. The molecular weight excluding hydrogens is 512 g/mol. The maximum Gasteiger partial charge on any atom is 0.332 e. The van der Waals surface area contributed by atoms with E-state index in [-0.39, 0.29) is 24.9 Å². The molecule has 0 spiro atoms. The number of carbonyl (C=O) groups is 2. The molecule has 1 heterocycles. The summed E-state index contributed by atoms with van der Waals surface area (Å²) in [4.78, 5) is 51.9. The van der Waals surface area contributed by atoms with E-state index in [1.807, 2.05) is 24.3 Å². The van der Waals surface area contributed by atoms with E-state index >= 15 is 0 Å². The lowest BCUT2D eigenvalue weighted by molar-refractivity contribution is -0.121. The van der Waals surface area contributed by atoms with Crippen LogP contribution in [0.5, 0.6) is 5.75 Å². The first-order valence-electron chi connectivity index (χ1n) is 12.9. The number of hydrogen-bond acceptors (Lipinski definition) is 6. The molecule has 0 saturated heterocycles. The van der Waals surface area contributed by atoms with Gasteiger partial charge < -0.3 is 20.1 Å². The number of amides is 2. The molecule has 0 radical (unpaired) electrons. The predicted octanol–water partition coefficient (Wildman–Crippen LogP) is 2.30. The average Bonchev–Trinajstić information content (AvgIpc) is 2.99. The molecule has 0 unspecified atom stereocenters. The molecule has 0 fully saturated rings. The maximum atomic E-state index is 13.4. The van der Waals surface area contributed by atoms with Gasteiger partial charge in [-0.25, -0.2) is 4.79 Å². The summed E-state index contributed by atoms with van der Waals surface area (Å²) in [6.45, 7) is 0.990. The van der Waals surface area contributed by atoms with E-state index in [0.717, 1.165) is 10.1 Å². The molecule has 4 aromatic rings. The molecule has 2 N–H and O–H groups in total. The van der Waals surface area contributed by atoms with Crippen LogP contribution < -0.4 is 26.6 Å². The van der Waals surface area contributed by atoms with Crippen LogP contribution >= 0.6 is 0 Å². The molecule has 10 heteroatoms. The number of methoxy groups -OCH3 is 2. The molecular formula is C30H32N4O6. The average molecular weight is 545 g/mol. The van der Waals surface area contributed by atoms with E-state index in [2.05, 4.69) is 10.6 Å². The fraction of sp³-hybridized carbons (Fsp3) is 0.267. The SMILES string of the molecule is COCCCNC(=O)Cn1c(=O)n(Cc2ccc(C(=O)NCc3ccccc3OC)cc2)c(=O)c2ccccc21. The van der Waals surface area contributed by atoms with E-state index in [1.165, 1.54) is 4.57 Å². The number of para-hydroxylation sites is 2. The third kappa shape index (κ3) is 6.65. The van der Waals surface area contributed by atoms with E-state index in [4.69, 9.17) is 9.47 Å². The highest BCUT2D eigenvalue weighted by Gasteiger charge is 2.16. The Hall–Kier alpha value is -4.70. The lowest BCUT2D eigenvalue weighted by atomic mass is 10.1. The van der Waals surface area contributed by atoms with Crippen LogP contribution in [0.25, 0.3) is 10.9 Å². The summed E-state index contributed by atoms with van der Waals surface area (Å²) in [7, 11) is 3.16. The predicted molar refractivity (Wildman–Crippen MR) is 152 cm³/mol. The molecule has 0 aliphatic heterocycles. The van der Waals surface area contributed by atoms with Crippen molar-refractivity contribution in [2.24, 2.45) is 0 Å². The molecule has 3 aromatic carbocycles. The Morgan fingerprint density at radius 1 is 0.850 bits per heavy atom. The van der Waals surface area contributed by atoms with Crippen LogP contribution in [-0.4, -0.2) is 48.3 Å². The van der Waals surface area contributed by atoms with Crippen molar-refractivity contribution in [2.75, 3.05) is 27.4 Å². The van der Waals surface area contributed by atoms with Gasteiger partial charge in [-0.1, -0.05) is 42.5 Å². The second kappa shape index (κ2) is 13.4. The Morgan fingerprint density at radius 3 is 2.33 bits per heavy atom. The van der Waals surface area contributed by atoms with Gasteiger partial charge in [0.1, 0.15) is 12.3 Å². The largest absolute Gasteiger partial charge is 0.496 e. The van der Waals surface area contributed by atoms with Crippen LogP contribution in [0.4, 0.5) is 0 Å². The third-order valence-corrected chi connectivity index (χ3v) is 6.47. The second-order valence-electron chi connectivity index (χ2n) is 9.16. The van der Waals surface area contributed by atoms with Gasteiger partial charge in [0.05, 0.1) is 24.6 Å². The van der Waals surface area contributed by atoms with Gasteiger partial charge in [-0.2, -0.15) is 0 Å². The number of ether oxygens (including phenoxy) is 2. The zero-order valence-electron chi connectivity index (χ0n) is 22.5. The first-order chi connectivity index (χ1) is 19.4. The Morgan fingerprint density at radius 2 is 1.57 bits per heavy atom. The van der Waals surface area contributed by atoms with Gasteiger partial charge in [0.2, 0.25) is 5.91 Å². The minimum absolute atomic E-state index is 0.0128. The molecule has 208 valence electrons. The first kappa shape index (κ1) is 28.3. The van der Waals surface area contributed by atoms with Crippen molar-refractivity contribution < 1.29 is 19.1 Å². The first-order valence-corrected chi connectivity index (χ1v) is 12.9. The third-order valence-electron chi connectivity index (χ3n) is 6.47. The summed E-state index contributed by atoms with van der Waals surface area (Å²) < 4.78 is 12.7. The van der Waals surface area contributed by atoms with Gasteiger partial charge >= 0.3 is 5.69 Å². The molecule has 0 atom stereocenters. The molecule has 0 aliphatic carbocycles. The molecule has 4 rings (SSSR count). The molecule has 10 nitrogen and oxygen atoms in total. The molecule has 40 heavy (non-hydrogen) atoms. The Kier molecular flexibility index (Phi) is 9.48. The van der Waals surface area contributed by atoms with Crippen LogP contribution in [0.1, 0.15) is 27.9 Å². The van der Waals surface area contributed by atoms with Gasteiger partial charge in [0.15, 0.2) is 0 Å². The lowest BCUT2D eigenvalue weighted by Gasteiger charge is -2.14. The molecule has 2 amide bonds. The highest BCUT2D eigenvalue weighted by Crippen LogP contribution is 2.17. The Labute approximate surface area is 231 Å². The minimum atomic E-state index is -0.589. The van der Waals surface area contributed by atoms with Gasteiger partial charge in [0, 0.05) is 37.9 Å². The van der Waals surface area contributed by atoms with Crippen molar-refractivity contribution in [1.82, 2.24) is 19.8 Å². The Bertz CT molecular complexity index is 1610. The van der Waals surface area contributed by atoms with Crippen molar-refractivity contribution in [3.63, 3.8) is 0 Å². The van der Waals surface area contributed by atoms with Crippen molar-refractivity contribution in [1.29, 1.82) is 0 Å². The number of nitrogens with zero attached hydrogens (tertiary/aromatic N) is 2. The van der Waals surface area contributed by atoms with Crippen LogP contribution in [0.2, 0.25) is 0 Å². The van der Waals surface area contributed by atoms with Crippen molar-refractivity contribution in [3.8, 4) is 5.75 Å². The zero-order chi connectivity index (χ0) is 28.5. The molecule has 0 bridgehead atoms. The van der Waals surface area contributed by atoms with Crippen LogP contribution in [0.3, 0.4) is 0 Å². The summed E-state index contributed by atoms with van der Waals surface area (Å²) in [5.74, 6) is 0.0874. The molecule has 1 aromatic heterocycles. The van der Waals surface area contributed by atoms with E-state index in [9.17, 15) is 19.2 Å². The number of nitrogens with one attached hydrogen (secondary N) is 2.